The number of carbonyl (C=O) groups is 2. The first kappa shape index (κ1) is 19.2. The second-order valence-corrected chi connectivity index (χ2v) is 5.86. The van der Waals surface area contributed by atoms with E-state index in [-0.39, 0.29) is 0 Å². The van der Waals surface area contributed by atoms with E-state index in [0.717, 1.165) is 12.1 Å². The lowest BCUT2D eigenvalue weighted by Crippen LogP contribution is -2.33. The van der Waals surface area contributed by atoms with Gasteiger partial charge in [0.25, 0.3) is 5.69 Å². The predicted molar refractivity (Wildman–Crippen MR) is 77.6 cm³/mol. The largest absolute Gasteiger partial charge is 0.435 e. The maximum absolute atomic E-state index is 12.4. The van der Waals surface area contributed by atoms with Crippen molar-refractivity contribution in [1.29, 1.82) is 5.26 Å². The molecule has 24 heavy (non-hydrogen) atoms. The Balaban J connectivity index is 3.34. The summed E-state index contributed by atoms with van der Waals surface area (Å²) in [4.78, 5) is 34.7. The van der Waals surface area contributed by atoms with Crippen molar-refractivity contribution in [2.45, 2.75) is 27.4 Å². The maximum Gasteiger partial charge on any atom is 0.387 e. The summed E-state index contributed by atoms with van der Waals surface area (Å²) in [6.45, 7) is 1.31. The minimum atomic E-state index is -3.19. The van der Waals surface area contributed by atoms with Gasteiger partial charge in [-0.25, -0.2) is 0 Å². The molecule has 0 N–H and O–H groups in total. The molecule has 0 aliphatic rings. The number of nitro groups is 1. The highest BCUT2D eigenvalue weighted by Crippen LogP contribution is 2.30. The van der Waals surface area contributed by atoms with Gasteiger partial charge in [-0.3, -0.25) is 19.7 Å². The molecule has 0 aromatic heterocycles. The van der Waals surface area contributed by atoms with E-state index >= 15 is 0 Å². The van der Waals surface area contributed by atoms with Gasteiger partial charge in [0, 0.05) is 5.41 Å². The standard InChI is InChI=1S/C15H14F2N2O5/c1-15(2,3)13(21)10(7-18)12(20)9-5-4-8(24-14(16)17)6-11(9)19(22)23/h4-6,10,14H,1-3H3. The fourth-order valence-electron chi connectivity index (χ4n) is 1.87. The number of hydrogen-bond donors (Lipinski definition) is 0. The van der Waals surface area contributed by atoms with Gasteiger partial charge in [-0.2, -0.15) is 14.0 Å². The molecule has 128 valence electrons. The Kier molecular flexibility index (Phi) is 5.69. The van der Waals surface area contributed by atoms with Crippen LogP contribution in [0.5, 0.6) is 5.75 Å². The lowest BCUT2D eigenvalue weighted by atomic mass is 9.80. The van der Waals surface area contributed by atoms with Crippen LogP contribution in [-0.4, -0.2) is 23.1 Å². The summed E-state index contributed by atoms with van der Waals surface area (Å²) in [5.74, 6) is -4.00. The van der Waals surface area contributed by atoms with E-state index in [1.807, 2.05) is 0 Å². The Morgan fingerprint density at radius 1 is 1.33 bits per heavy atom. The SMILES string of the molecule is CC(C)(C)C(=O)C(C#N)C(=O)c1ccc(OC(F)F)cc1[N+](=O)[O-]. The fourth-order valence-corrected chi connectivity index (χ4v) is 1.87. The molecule has 1 aromatic carbocycles. The van der Waals surface area contributed by atoms with Crippen LogP contribution >= 0.6 is 0 Å². The maximum atomic E-state index is 12.4. The van der Waals surface area contributed by atoms with Crippen molar-refractivity contribution < 1.29 is 28.0 Å². The molecule has 0 amide bonds. The van der Waals surface area contributed by atoms with Crippen molar-refractivity contribution in [1.82, 2.24) is 0 Å². The van der Waals surface area contributed by atoms with Crippen LogP contribution in [0.2, 0.25) is 0 Å². The van der Waals surface area contributed by atoms with Gasteiger partial charge in [0.1, 0.15) is 5.75 Å². The lowest BCUT2D eigenvalue weighted by molar-refractivity contribution is -0.385. The summed E-state index contributed by atoms with van der Waals surface area (Å²) in [5.41, 5.74) is -2.35. The Labute approximate surface area is 136 Å². The number of hydrogen-bond acceptors (Lipinski definition) is 6. The summed E-state index contributed by atoms with van der Waals surface area (Å²) in [6, 6.07) is 4.02. The molecule has 1 unspecified atom stereocenters. The van der Waals surface area contributed by atoms with E-state index in [1.54, 1.807) is 6.07 Å². The molecule has 1 atom stereocenters. The molecule has 9 heteroatoms. The molecule has 0 spiro atoms. The molecule has 0 bridgehead atoms. The number of carbonyl (C=O) groups excluding carboxylic acids is 2. The average Bonchev–Trinajstić information content (AvgIpc) is 2.45. The fraction of sp³-hybridized carbons (Fsp3) is 0.400. The highest BCUT2D eigenvalue weighted by Gasteiger charge is 2.37. The highest BCUT2D eigenvalue weighted by molar-refractivity contribution is 6.15. The van der Waals surface area contributed by atoms with Crippen LogP contribution in [0.3, 0.4) is 0 Å². The molecule has 0 saturated heterocycles. The summed E-state index contributed by atoms with van der Waals surface area (Å²) < 4.78 is 28.4. The van der Waals surface area contributed by atoms with Gasteiger partial charge in [-0.05, 0) is 12.1 Å². The van der Waals surface area contributed by atoms with Crippen LogP contribution in [-0.2, 0) is 4.79 Å². The number of halogens is 2. The van der Waals surface area contributed by atoms with E-state index in [2.05, 4.69) is 4.74 Å². The molecule has 0 radical (unpaired) electrons. The van der Waals surface area contributed by atoms with Gasteiger partial charge in [0.15, 0.2) is 17.5 Å². The zero-order valence-electron chi connectivity index (χ0n) is 13.1. The Morgan fingerprint density at radius 3 is 2.33 bits per heavy atom. The van der Waals surface area contributed by atoms with Gasteiger partial charge in [-0.15, -0.1) is 0 Å². The number of ether oxygens (including phenoxy) is 1. The third-order valence-electron chi connectivity index (χ3n) is 3.05. The lowest BCUT2D eigenvalue weighted by Gasteiger charge is -2.19. The Morgan fingerprint density at radius 2 is 1.92 bits per heavy atom. The number of alkyl halides is 2. The van der Waals surface area contributed by atoms with E-state index in [0.29, 0.717) is 6.07 Å². The van der Waals surface area contributed by atoms with Crippen molar-refractivity contribution in [3.63, 3.8) is 0 Å². The van der Waals surface area contributed by atoms with Gasteiger partial charge in [0.2, 0.25) is 0 Å². The third-order valence-corrected chi connectivity index (χ3v) is 3.05. The second kappa shape index (κ2) is 7.12. The first-order valence-corrected chi connectivity index (χ1v) is 6.70. The summed E-state index contributed by atoms with van der Waals surface area (Å²) in [7, 11) is 0. The molecule has 1 rings (SSSR count). The molecule has 0 aliphatic carbocycles. The predicted octanol–water partition coefficient (Wildman–Crippen LogP) is 3.13. The van der Waals surface area contributed by atoms with Crippen molar-refractivity contribution in [2.24, 2.45) is 11.3 Å². The molecule has 0 heterocycles. The van der Waals surface area contributed by atoms with Gasteiger partial charge >= 0.3 is 6.61 Å². The van der Waals surface area contributed by atoms with E-state index in [4.69, 9.17) is 5.26 Å². The summed E-state index contributed by atoms with van der Waals surface area (Å²) in [5, 5.41) is 20.2. The average molecular weight is 340 g/mol. The minimum absolute atomic E-state index is 0.510. The van der Waals surface area contributed by atoms with Gasteiger partial charge in [-0.1, -0.05) is 20.8 Å². The first-order chi connectivity index (χ1) is 11.0. The number of rotatable bonds is 6. The second-order valence-electron chi connectivity index (χ2n) is 5.86. The quantitative estimate of drug-likeness (QED) is 0.340. The van der Waals surface area contributed by atoms with E-state index in [9.17, 15) is 28.5 Å². The van der Waals surface area contributed by atoms with Gasteiger partial charge in [0.05, 0.1) is 22.6 Å². The Hall–Kier alpha value is -2.89. The van der Waals surface area contributed by atoms with Gasteiger partial charge < -0.3 is 4.74 Å². The number of nitro benzene ring substituents is 1. The Bertz CT molecular complexity index is 720. The topological polar surface area (TPSA) is 110 Å². The molecular weight excluding hydrogens is 326 g/mol. The molecule has 1 aromatic rings. The third kappa shape index (κ3) is 4.32. The summed E-state index contributed by atoms with van der Waals surface area (Å²) >= 11 is 0. The zero-order chi connectivity index (χ0) is 18.7. The van der Waals surface area contributed by atoms with Crippen molar-refractivity contribution >= 4 is 17.3 Å². The number of Topliss-reactive ketones (excluding diaryl/α,β-unsaturated/α-hetero) is 2. The first-order valence-electron chi connectivity index (χ1n) is 6.70. The van der Waals surface area contributed by atoms with Crippen LogP contribution in [0.1, 0.15) is 31.1 Å². The van der Waals surface area contributed by atoms with Crippen LogP contribution in [0.4, 0.5) is 14.5 Å². The number of ketones is 2. The van der Waals surface area contributed by atoms with Crippen LogP contribution in [0, 0.1) is 32.8 Å². The van der Waals surface area contributed by atoms with Crippen LogP contribution < -0.4 is 4.74 Å². The summed E-state index contributed by atoms with van der Waals surface area (Å²) in [6.07, 6.45) is 0. The van der Waals surface area contributed by atoms with Crippen LogP contribution in [0.15, 0.2) is 18.2 Å². The van der Waals surface area contributed by atoms with Crippen molar-refractivity contribution in [3.8, 4) is 11.8 Å². The molecule has 0 fully saturated rings. The monoisotopic (exact) mass is 340 g/mol. The van der Waals surface area contributed by atoms with Crippen LogP contribution in [0.25, 0.3) is 0 Å². The molecule has 0 aliphatic heterocycles. The number of nitriles is 1. The number of benzene rings is 1. The van der Waals surface area contributed by atoms with E-state index < -0.39 is 51.4 Å². The van der Waals surface area contributed by atoms with E-state index in [1.165, 1.54) is 20.8 Å². The van der Waals surface area contributed by atoms with Crippen molar-refractivity contribution in [3.05, 3.63) is 33.9 Å². The van der Waals surface area contributed by atoms with Crippen molar-refractivity contribution in [2.75, 3.05) is 0 Å². The highest BCUT2D eigenvalue weighted by atomic mass is 19.3. The number of nitrogens with zero attached hydrogens (tertiary/aromatic N) is 2. The molecular formula is C15H14F2N2O5. The normalized spacial score (nSPS) is 12.4. The molecule has 0 saturated carbocycles. The molecule has 7 nitrogen and oxygen atoms in total. The minimum Gasteiger partial charge on any atom is -0.435 e. The smallest absolute Gasteiger partial charge is 0.387 e. The zero-order valence-corrected chi connectivity index (χ0v) is 13.1.